The number of thiophene rings is 1. The molecule has 7 heteroatoms. The van der Waals surface area contributed by atoms with E-state index < -0.39 is 12.0 Å². The van der Waals surface area contributed by atoms with E-state index in [-0.39, 0.29) is 11.0 Å². The highest BCUT2D eigenvalue weighted by Gasteiger charge is 2.14. The van der Waals surface area contributed by atoms with Gasteiger partial charge in [-0.2, -0.15) is 0 Å². The van der Waals surface area contributed by atoms with Crippen molar-refractivity contribution in [3.05, 3.63) is 22.4 Å². The molecule has 0 saturated carbocycles. The highest BCUT2D eigenvalue weighted by molar-refractivity contribution is 7.80. The van der Waals surface area contributed by atoms with E-state index >= 15 is 0 Å². The normalized spacial score (nSPS) is 11.6. The molecule has 0 fully saturated rings. The fourth-order valence-electron chi connectivity index (χ4n) is 0.867. The molecule has 1 amide bonds. The zero-order chi connectivity index (χ0) is 12.1. The summed E-state index contributed by atoms with van der Waals surface area (Å²) in [6.45, 7) is 1.44. The van der Waals surface area contributed by atoms with Crippen LogP contribution in [0.2, 0.25) is 0 Å². The first-order valence-electron chi connectivity index (χ1n) is 4.39. The van der Waals surface area contributed by atoms with Crippen LogP contribution >= 0.6 is 23.6 Å². The van der Waals surface area contributed by atoms with Gasteiger partial charge in [-0.1, -0.05) is 6.07 Å². The standard InChI is InChI=1S/C9H10N2O3S2/c1-5(8(13)14)10-9(15)11-7(12)6-3-2-4-16-6/h2-5H,1H3,(H,13,14)(H2,10,11,12,15)/t5-/m0/s1. The number of hydrogen-bond donors (Lipinski definition) is 3. The van der Waals surface area contributed by atoms with Gasteiger partial charge in [-0.3, -0.25) is 14.9 Å². The SMILES string of the molecule is C[C@H](NC(=S)NC(=O)c1cccs1)C(=O)O. The number of carbonyl (C=O) groups excluding carboxylic acids is 1. The van der Waals surface area contributed by atoms with Crippen LogP contribution in [0.1, 0.15) is 16.6 Å². The van der Waals surface area contributed by atoms with Gasteiger partial charge in [-0.25, -0.2) is 0 Å². The molecular formula is C9H10N2O3S2. The Kier molecular flexibility index (Phi) is 4.39. The minimum Gasteiger partial charge on any atom is -0.480 e. The fourth-order valence-corrected chi connectivity index (χ4v) is 1.76. The molecule has 1 aromatic rings. The van der Waals surface area contributed by atoms with E-state index in [2.05, 4.69) is 10.6 Å². The lowest BCUT2D eigenvalue weighted by Crippen LogP contribution is -2.46. The van der Waals surface area contributed by atoms with Crippen molar-refractivity contribution >= 4 is 40.5 Å². The fraction of sp³-hybridized carbons (Fsp3) is 0.222. The molecule has 3 N–H and O–H groups in total. The molecule has 0 aliphatic rings. The van der Waals surface area contributed by atoms with Crippen molar-refractivity contribution in [2.45, 2.75) is 13.0 Å². The first-order chi connectivity index (χ1) is 7.50. The van der Waals surface area contributed by atoms with Crippen molar-refractivity contribution in [2.24, 2.45) is 0 Å². The van der Waals surface area contributed by atoms with Crippen molar-refractivity contribution in [2.75, 3.05) is 0 Å². The number of carboxylic acid groups (broad SMARTS) is 1. The first-order valence-corrected chi connectivity index (χ1v) is 5.67. The predicted molar refractivity (Wildman–Crippen MR) is 64.6 cm³/mol. The summed E-state index contributed by atoms with van der Waals surface area (Å²) in [6.07, 6.45) is 0. The summed E-state index contributed by atoms with van der Waals surface area (Å²) in [7, 11) is 0. The number of hydrogen-bond acceptors (Lipinski definition) is 4. The average Bonchev–Trinajstić information content (AvgIpc) is 2.69. The quantitative estimate of drug-likeness (QED) is 0.700. The zero-order valence-corrected chi connectivity index (χ0v) is 10.0. The van der Waals surface area contributed by atoms with Crippen LogP contribution in [0.15, 0.2) is 17.5 Å². The number of carboxylic acids is 1. The van der Waals surface area contributed by atoms with E-state index in [1.165, 1.54) is 18.3 Å². The van der Waals surface area contributed by atoms with Gasteiger partial charge >= 0.3 is 5.97 Å². The van der Waals surface area contributed by atoms with E-state index in [0.29, 0.717) is 4.88 Å². The van der Waals surface area contributed by atoms with Crippen LogP contribution in [0.3, 0.4) is 0 Å². The van der Waals surface area contributed by atoms with Crippen LogP contribution in [0.5, 0.6) is 0 Å². The van der Waals surface area contributed by atoms with Gasteiger partial charge in [0.05, 0.1) is 4.88 Å². The number of aliphatic carboxylic acids is 1. The molecule has 0 aliphatic carbocycles. The van der Waals surface area contributed by atoms with Crippen molar-refractivity contribution < 1.29 is 14.7 Å². The number of thiocarbonyl (C=S) groups is 1. The number of nitrogens with one attached hydrogen (secondary N) is 2. The Balaban J connectivity index is 2.46. The Morgan fingerprint density at radius 2 is 2.25 bits per heavy atom. The van der Waals surface area contributed by atoms with Gasteiger partial charge in [0.15, 0.2) is 5.11 Å². The number of carbonyl (C=O) groups is 2. The van der Waals surface area contributed by atoms with Crippen LogP contribution in [-0.4, -0.2) is 28.1 Å². The molecule has 5 nitrogen and oxygen atoms in total. The van der Waals surface area contributed by atoms with Gasteiger partial charge in [-0.15, -0.1) is 11.3 Å². The Hall–Kier alpha value is -1.47. The second-order valence-corrected chi connectivity index (χ2v) is 4.32. The van der Waals surface area contributed by atoms with Gasteiger partial charge in [-0.05, 0) is 30.6 Å². The largest absolute Gasteiger partial charge is 0.480 e. The van der Waals surface area contributed by atoms with Gasteiger partial charge < -0.3 is 10.4 Å². The molecule has 0 aliphatic heterocycles. The Labute approximate surface area is 101 Å². The van der Waals surface area contributed by atoms with Gasteiger partial charge in [0.1, 0.15) is 6.04 Å². The Morgan fingerprint density at radius 1 is 1.56 bits per heavy atom. The monoisotopic (exact) mass is 258 g/mol. The third-order valence-corrected chi connectivity index (χ3v) is 2.78. The van der Waals surface area contributed by atoms with Crippen LogP contribution in [0, 0.1) is 0 Å². The van der Waals surface area contributed by atoms with Crippen LogP contribution in [0.25, 0.3) is 0 Å². The maximum Gasteiger partial charge on any atom is 0.325 e. The van der Waals surface area contributed by atoms with E-state index in [4.69, 9.17) is 17.3 Å². The molecule has 16 heavy (non-hydrogen) atoms. The van der Waals surface area contributed by atoms with Gasteiger partial charge in [0, 0.05) is 0 Å². The molecule has 86 valence electrons. The van der Waals surface area contributed by atoms with E-state index in [0.717, 1.165) is 0 Å². The lowest BCUT2D eigenvalue weighted by molar-refractivity contribution is -0.138. The topological polar surface area (TPSA) is 78.4 Å². The summed E-state index contributed by atoms with van der Waals surface area (Å²) >= 11 is 6.08. The molecule has 0 spiro atoms. The predicted octanol–water partition coefficient (Wildman–Crippen LogP) is 0.826. The third-order valence-electron chi connectivity index (χ3n) is 1.69. The van der Waals surface area contributed by atoms with Crippen molar-refractivity contribution in [3.63, 3.8) is 0 Å². The molecule has 0 unspecified atom stereocenters. The smallest absolute Gasteiger partial charge is 0.325 e. The zero-order valence-electron chi connectivity index (χ0n) is 8.39. The van der Waals surface area contributed by atoms with Crippen LogP contribution < -0.4 is 10.6 Å². The first kappa shape index (κ1) is 12.6. The van der Waals surface area contributed by atoms with Crippen molar-refractivity contribution in [1.29, 1.82) is 0 Å². The molecule has 0 saturated heterocycles. The Morgan fingerprint density at radius 3 is 2.75 bits per heavy atom. The average molecular weight is 258 g/mol. The summed E-state index contributed by atoms with van der Waals surface area (Å²) in [5.41, 5.74) is 0. The highest BCUT2D eigenvalue weighted by atomic mass is 32.1. The minimum absolute atomic E-state index is 0.00769. The molecule has 1 aromatic heterocycles. The van der Waals surface area contributed by atoms with Crippen LogP contribution in [-0.2, 0) is 4.79 Å². The maximum absolute atomic E-state index is 11.5. The highest BCUT2D eigenvalue weighted by Crippen LogP contribution is 2.07. The van der Waals surface area contributed by atoms with Gasteiger partial charge in [0.2, 0.25) is 0 Å². The van der Waals surface area contributed by atoms with Crippen molar-refractivity contribution in [1.82, 2.24) is 10.6 Å². The Bertz CT molecular complexity index is 403. The van der Waals surface area contributed by atoms with Gasteiger partial charge in [0.25, 0.3) is 5.91 Å². The van der Waals surface area contributed by atoms with E-state index in [1.807, 2.05) is 0 Å². The molecule has 0 radical (unpaired) electrons. The summed E-state index contributed by atoms with van der Waals surface area (Å²) < 4.78 is 0. The number of rotatable bonds is 3. The molecule has 1 heterocycles. The third kappa shape index (κ3) is 3.59. The summed E-state index contributed by atoms with van der Waals surface area (Å²) in [6, 6.07) is 2.57. The molecule has 1 rings (SSSR count). The second-order valence-electron chi connectivity index (χ2n) is 2.96. The molecule has 0 bridgehead atoms. The summed E-state index contributed by atoms with van der Waals surface area (Å²) in [4.78, 5) is 22.5. The molecule has 1 atom stereocenters. The lowest BCUT2D eigenvalue weighted by atomic mass is 10.3. The molecule has 0 aromatic carbocycles. The maximum atomic E-state index is 11.5. The van der Waals surface area contributed by atoms with Crippen molar-refractivity contribution in [3.8, 4) is 0 Å². The lowest BCUT2D eigenvalue weighted by Gasteiger charge is -2.11. The van der Waals surface area contributed by atoms with Crippen LogP contribution in [0.4, 0.5) is 0 Å². The number of amides is 1. The van der Waals surface area contributed by atoms with E-state index in [1.54, 1.807) is 17.5 Å². The van der Waals surface area contributed by atoms with E-state index in [9.17, 15) is 9.59 Å². The minimum atomic E-state index is -1.03. The summed E-state index contributed by atoms with van der Waals surface area (Å²) in [5, 5.41) is 15.3. The molecular weight excluding hydrogens is 248 g/mol. The summed E-state index contributed by atoms with van der Waals surface area (Å²) in [5.74, 6) is -1.38. The second kappa shape index (κ2) is 5.57.